The number of rotatable bonds is 7. The number of halogens is 7. The third-order valence-electron chi connectivity index (χ3n) is 3.56. The van der Waals surface area contributed by atoms with Crippen molar-refractivity contribution in [2.75, 3.05) is 16.6 Å². The average molecular weight is 475 g/mol. The first-order valence-electron chi connectivity index (χ1n) is 8.00. The minimum absolute atomic E-state index is 0.0264. The topological polar surface area (TPSA) is 78.9 Å². The van der Waals surface area contributed by atoms with Crippen molar-refractivity contribution in [3.05, 3.63) is 34.2 Å². The summed E-state index contributed by atoms with van der Waals surface area (Å²) in [5.74, 6) is -2.06. The molecule has 0 aliphatic rings. The number of hydrazine groups is 1. The monoisotopic (exact) mass is 473 g/mol. The molecule has 158 valence electrons. The molecular formula is C16H14Cl3F4N5O. The number of hydrogen-bond acceptors (Lipinski definition) is 5. The van der Waals surface area contributed by atoms with Crippen molar-refractivity contribution < 1.29 is 22.4 Å². The number of anilines is 2. The van der Waals surface area contributed by atoms with Crippen LogP contribution in [0.3, 0.4) is 0 Å². The molecule has 1 atom stereocenters. The molecule has 13 heteroatoms. The zero-order valence-electron chi connectivity index (χ0n) is 14.7. The van der Waals surface area contributed by atoms with E-state index in [4.69, 9.17) is 34.8 Å². The number of benzene rings is 1. The van der Waals surface area contributed by atoms with Gasteiger partial charge in [-0.2, -0.15) is 23.1 Å². The molecule has 1 aromatic carbocycles. The lowest BCUT2D eigenvalue weighted by atomic mass is 10.1. The molecule has 0 saturated carbocycles. The predicted octanol–water partition coefficient (Wildman–Crippen LogP) is 5.02. The van der Waals surface area contributed by atoms with E-state index in [0.29, 0.717) is 0 Å². The van der Waals surface area contributed by atoms with Crippen molar-refractivity contribution in [3.63, 3.8) is 0 Å². The van der Waals surface area contributed by atoms with Gasteiger partial charge in [0.2, 0.25) is 11.9 Å². The quantitative estimate of drug-likeness (QED) is 0.227. The molecule has 0 saturated heterocycles. The van der Waals surface area contributed by atoms with Gasteiger partial charge in [-0.25, -0.2) is 4.39 Å². The minimum Gasteiger partial charge on any atom is -0.358 e. The number of nitrogens with one attached hydrogen (secondary N) is 3. The fourth-order valence-electron chi connectivity index (χ4n) is 2.11. The van der Waals surface area contributed by atoms with Crippen LogP contribution in [0, 0.1) is 5.82 Å². The molecule has 0 unspecified atom stereocenters. The van der Waals surface area contributed by atoms with Crippen LogP contribution in [0.25, 0.3) is 11.1 Å². The second-order valence-corrected chi connectivity index (χ2v) is 6.82. The van der Waals surface area contributed by atoms with Crippen LogP contribution in [0.2, 0.25) is 10.2 Å². The minimum atomic E-state index is -4.63. The van der Waals surface area contributed by atoms with Gasteiger partial charge < -0.3 is 5.32 Å². The molecule has 2 rings (SSSR count). The summed E-state index contributed by atoms with van der Waals surface area (Å²) in [6.45, 7) is 0.845. The molecule has 2 aromatic rings. The number of carbonyl (C=O) groups excluding carboxylic acids is 1. The number of amides is 1. The van der Waals surface area contributed by atoms with Crippen molar-refractivity contribution in [2.45, 2.75) is 25.6 Å². The van der Waals surface area contributed by atoms with Gasteiger partial charge in [0.15, 0.2) is 0 Å². The number of nitrogens with zero attached hydrogens (tertiary/aromatic N) is 2. The maximum atomic E-state index is 14.4. The Morgan fingerprint density at radius 2 is 1.90 bits per heavy atom. The number of carbonyl (C=O) groups is 1. The molecule has 0 spiro atoms. The lowest BCUT2D eigenvalue weighted by molar-refractivity contribution is -0.138. The van der Waals surface area contributed by atoms with Gasteiger partial charge in [-0.15, -0.1) is 11.6 Å². The Kier molecular flexibility index (Phi) is 7.73. The summed E-state index contributed by atoms with van der Waals surface area (Å²) in [7, 11) is 0. The third-order valence-corrected chi connectivity index (χ3v) is 4.33. The highest BCUT2D eigenvalue weighted by Crippen LogP contribution is 2.40. The molecule has 3 N–H and O–H groups in total. The van der Waals surface area contributed by atoms with E-state index >= 15 is 0 Å². The first-order valence-corrected chi connectivity index (χ1v) is 9.29. The van der Waals surface area contributed by atoms with Gasteiger partial charge in [-0.1, -0.05) is 29.3 Å². The first-order chi connectivity index (χ1) is 13.5. The predicted molar refractivity (Wildman–Crippen MR) is 104 cm³/mol. The summed E-state index contributed by atoms with van der Waals surface area (Å²) in [5, 5.41) is 1.64. The van der Waals surface area contributed by atoms with Crippen LogP contribution >= 0.6 is 34.8 Å². The average Bonchev–Trinajstić information content (AvgIpc) is 2.61. The maximum absolute atomic E-state index is 14.4. The van der Waals surface area contributed by atoms with Gasteiger partial charge in [-0.3, -0.25) is 15.6 Å². The van der Waals surface area contributed by atoms with Gasteiger partial charge >= 0.3 is 6.18 Å². The summed E-state index contributed by atoms with van der Waals surface area (Å²) in [6, 6.07) is 1.67. The van der Waals surface area contributed by atoms with E-state index in [9.17, 15) is 22.4 Å². The van der Waals surface area contributed by atoms with E-state index in [2.05, 4.69) is 26.1 Å². The van der Waals surface area contributed by atoms with Gasteiger partial charge in [0.05, 0.1) is 10.6 Å². The molecule has 6 nitrogen and oxygen atoms in total. The Morgan fingerprint density at radius 1 is 1.21 bits per heavy atom. The van der Waals surface area contributed by atoms with Gasteiger partial charge in [0, 0.05) is 17.9 Å². The summed E-state index contributed by atoms with van der Waals surface area (Å²) in [6.07, 6.45) is -4.66. The van der Waals surface area contributed by atoms with Crippen LogP contribution in [-0.2, 0) is 4.79 Å². The van der Waals surface area contributed by atoms with Crippen LogP contribution in [0.15, 0.2) is 18.2 Å². The smallest absolute Gasteiger partial charge is 0.358 e. The van der Waals surface area contributed by atoms with E-state index < -0.39 is 34.9 Å². The van der Waals surface area contributed by atoms with Crippen molar-refractivity contribution in [3.8, 4) is 11.1 Å². The van der Waals surface area contributed by atoms with Crippen molar-refractivity contribution in [2.24, 2.45) is 0 Å². The van der Waals surface area contributed by atoms with E-state index in [1.54, 1.807) is 0 Å². The lowest BCUT2D eigenvalue weighted by Gasteiger charge is -2.21. The number of aromatic nitrogens is 2. The van der Waals surface area contributed by atoms with Crippen LogP contribution in [0.5, 0.6) is 0 Å². The largest absolute Gasteiger partial charge is 0.408 e. The first kappa shape index (κ1) is 23.2. The fraction of sp³-hybridized carbons (Fsp3) is 0.312. The Morgan fingerprint density at radius 3 is 2.48 bits per heavy atom. The molecular weight excluding hydrogens is 461 g/mol. The maximum Gasteiger partial charge on any atom is 0.408 e. The Labute approximate surface area is 177 Å². The second-order valence-electron chi connectivity index (χ2n) is 5.68. The fourth-order valence-corrected chi connectivity index (χ4v) is 2.81. The molecule has 0 aliphatic heterocycles. The molecule has 1 aromatic heterocycles. The lowest BCUT2D eigenvalue weighted by Crippen LogP contribution is -2.34. The molecule has 0 fully saturated rings. The van der Waals surface area contributed by atoms with Crippen molar-refractivity contribution in [1.29, 1.82) is 0 Å². The van der Waals surface area contributed by atoms with E-state index in [1.165, 1.54) is 12.1 Å². The molecule has 0 bridgehead atoms. The summed E-state index contributed by atoms with van der Waals surface area (Å²) >= 11 is 17.6. The third kappa shape index (κ3) is 5.97. The summed E-state index contributed by atoms with van der Waals surface area (Å²) in [4.78, 5) is 19.2. The summed E-state index contributed by atoms with van der Waals surface area (Å²) < 4.78 is 53.5. The van der Waals surface area contributed by atoms with E-state index in [0.717, 1.165) is 13.0 Å². The van der Waals surface area contributed by atoms with Gasteiger partial charge in [-0.05, 0) is 19.1 Å². The van der Waals surface area contributed by atoms with Crippen LogP contribution in [0.1, 0.15) is 13.3 Å². The Hall–Kier alpha value is -2.04. The highest BCUT2D eigenvalue weighted by molar-refractivity contribution is 6.36. The zero-order valence-corrected chi connectivity index (χ0v) is 16.9. The summed E-state index contributed by atoms with van der Waals surface area (Å²) in [5.41, 5.74) is 4.00. The molecule has 1 amide bonds. The van der Waals surface area contributed by atoms with Crippen LogP contribution < -0.4 is 16.2 Å². The zero-order chi connectivity index (χ0) is 21.8. The number of hydrogen-bond donors (Lipinski definition) is 3. The molecule has 1 heterocycles. The van der Waals surface area contributed by atoms with Gasteiger partial charge in [0.1, 0.15) is 22.8 Å². The van der Waals surface area contributed by atoms with Crippen LogP contribution in [0.4, 0.5) is 29.3 Å². The number of alkyl halides is 4. The highest BCUT2D eigenvalue weighted by atomic mass is 35.5. The van der Waals surface area contributed by atoms with Crippen molar-refractivity contribution in [1.82, 2.24) is 15.4 Å². The Balaban J connectivity index is 2.53. The van der Waals surface area contributed by atoms with Crippen LogP contribution in [-0.4, -0.2) is 34.0 Å². The van der Waals surface area contributed by atoms with Crippen molar-refractivity contribution >= 4 is 52.5 Å². The van der Waals surface area contributed by atoms with E-state index in [-0.39, 0.29) is 34.4 Å². The highest BCUT2D eigenvalue weighted by Gasteiger charge is 2.37. The molecule has 0 aliphatic carbocycles. The SMILES string of the molecule is C[C@H](Nc1nc(NNC(=O)CCCl)nc(Cl)c1-c1c(F)cccc1Cl)C(F)(F)F. The molecule has 0 radical (unpaired) electrons. The van der Waals surface area contributed by atoms with Gasteiger partial charge in [0.25, 0.3) is 0 Å². The standard InChI is InChI=1S/C16H14Cl3F4N5O/c1-7(16(21,22)23)24-14-12(11-8(18)3-2-4-9(11)20)13(19)25-15(26-14)28-27-10(29)5-6-17/h2-4,7H,5-6H2,1H3,(H,27,29)(H2,24,25,26,28)/t7-/m0/s1. The Bertz CT molecular complexity index is 877. The second kappa shape index (κ2) is 9.64. The molecule has 29 heavy (non-hydrogen) atoms. The van der Waals surface area contributed by atoms with E-state index in [1.807, 2.05) is 0 Å². The normalized spacial score (nSPS) is 12.4.